The number of nitrogens with one attached hydrogen (secondary N) is 2. The van der Waals surface area contributed by atoms with Crippen LogP contribution in [0.25, 0.3) is 10.9 Å². The first-order chi connectivity index (χ1) is 12.3. The van der Waals surface area contributed by atoms with Crippen LogP contribution in [0, 0.1) is 0 Å². The molecule has 1 aliphatic carbocycles. The largest absolute Gasteiger partial charge is 0.359 e. The average Bonchev–Trinajstić information content (AvgIpc) is 3.27. The molecule has 3 heteroatoms. The van der Waals surface area contributed by atoms with Crippen LogP contribution in [0.1, 0.15) is 44.9 Å². The fourth-order valence-electron chi connectivity index (χ4n) is 3.57. The highest BCUT2D eigenvalue weighted by atomic mass is 35.5. The summed E-state index contributed by atoms with van der Waals surface area (Å²) >= 11 is 6.04. The summed E-state index contributed by atoms with van der Waals surface area (Å²) in [6.07, 6.45) is 2.25. The van der Waals surface area contributed by atoms with Crippen LogP contribution < -0.4 is 5.32 Å². The Morgan fingerprint density at radius 2 is 1.77 bits per heavy atom. The highest BCUT2D eigenvalue weighted by Crippen LogP contribution is 2.53. The zero-order valence-electron chi connectivity index (χ0n) is 15.6. The van der Waals surface area contributed by atoms with Gasteiger partial charge in [0.2, 0.25) is 0 Å². The molecule has 1 fully saturated rings. The Labute approximate surface area is 160 Å². The molecule has 2 nitrogen and oxygen atoms in total. The summed E-state index contributed by atoms with van der Waals surface area (Å²) in [4.78, 5) is 3.53. The van der Waals surface area contributed by atoms with Crippen LogP contribution in [-0.4, -0.2) is 4.98 Å². The number of benzene rings is 2. The summed E-state index contributed by atoms with van der Waals surface area (Å²) in [6, 6.07) is 16.9. The van der Waals surface area contributed by atoms with Gasteiger partial charge in [0.15, 0.2) is 0 Å². The topological polar surface area (TPSA) is 27.8 Å². The molecule has 2 N–H and O–H groups in total. The molecule has 26 heavy (non-hydrogen) atoms. The van der Waals surface area contributed by atoms with Crippen LogP contribution in [0.15, 0.2) is 60.8 Å². The number of hydrogen-bond acceptors (Lipinski definition) is 1. The van der Waals surface area contributed by atoms with Crippen molar-refractivity contribution >= 4 is 28.2 Å². The van der Waals surface area contributed by atoms with Crippen molar-refractivity contribution < 1.29 is 0 Å². The van der Waals surface area contributed by atoms with Gasteiger partial charge in [0.1, 0.15) is 0 Å². The maximum absolute atomic E-state index is 6.04. The van der Waals surface area contributed by atoms with Crippen molar-refractivity contribution in [3.8, 4) is 0 Å². The van der Waals surface area contributed by atoms with Gasteiger partial charge in [-0.2, -0.15) is 0 Å². The van der Waals surface area contributed by atoms with E-state index < -0.39 is 0 Å². The molecule has 0 radical (unpaired) electrons. The van der Waals surface area contributed by atoms with Gasteiger partial charge in [0, 0.05) is 43.8 Å². The number of aromatic nitrogens is 1. The summed E-state index contributed by atoms with van der Waals surface area (Å²) in [5, 5.41) is 5.56. The van der Waals surface area contributed by atoms with Gasteiger partial charge >= 0.3 is 0 Å². The number of halogens is 1. The Bertz CT molecular complexity index is 970. The van der Waals surface area contributed by atoms with Crippen LogP contribution in [-0.2, 0) is 10.8 Å². The first-order valence-electron chi connectivity index (χ1n) is 9.14. The van der Waals surface area contributed by atoms with Crippen LogP contribution in [0.5, 0.6) is 0 Å². The van der Waals surface area contributed by atoms with E-state index in [2.05, 4.69) is 74.0 Å². The number of H-pyrrole nitrogens is 1. The van der Waals surface area contributed by atoms with Crippen molar-refractivity contribution in [1.82, 2.24) is 4.98 Å². The lowest BCUT2D eigenvalue weighted by Crippen LogP contribution is -2.16. The molecule has 3 aromatic rings. The minimum atomic E-state index is 0.0360. The van der Waals surface area contributed by atoms with Crippen LogP contribution >= 0.6 is 11.6 Å². The maximum Gasteiger partial charge on any atom is 0.0457 e. The average molecular weight is 365 g/mol. The van der Waals surface area contributed by atoms with Crippen molar-refractivity contribution in [3.63, 3.8) is 0 Å². The smallest absolute Gasteiger partial charge is 0.0457 e. The molecular weight excluding hydrogens is 340 g/mol. The van der Waals surface area contributed by atoms with Crippen molar-refractivity contribution in [3.05, 3.63) is 77.1 Å². The number of allylic oxidation sites excluding steroid dienone is 1. The molecule has 1 aliphatic rings. The second-order valence-corrected chi connectivity index (χ2v) is 8.86. The highest BCUT2D eigenvalue weighted by molar-refractivity contribution is 6.30. The monoisotopic (exact) mass is 364 g/mol. The van der Waals surface area contributed by atoms with E-state index >= 15 is 0 Å². The molecule has 0 atom stereocenters. The summed E-state index contributed by atoms with van der Waals surface area (Å²) in [6.45, 7) is 11.0. The zero-order valence-corrected chi connectivity index (χ0v) is 16.4. The van der Waals surface area contributed by atoms with Gasteiger partial charge in [-0.1, -0.05) is 51.1 Å². The fourth-order valence-corrected chi connectivity index (χ4v) is 3.69. The molecule has 0 aliphatic heterocycles. The Morgan fingerprint density at radius 3 is 2.38 bits per heavy atom. The van der Waals surface area contributed by atoms with E-state index in [0.717, 1.165) is 29.2 Å². The third kappa shape index (κ3) is 3.03. The van der Waals surface area contributed by atoms with E-state index in [9.17, 15) is 0 Å². The number of rotatable bonds is 4. The summed E-state index contributed by atoms with van der Waals surface area (Å²) in [7, 11) is 0. The first-order valence-corrected chi connectivity index (χ1v) is 9.51. The second-order valence-electron chi connectivity index (χ2n) is 8.43. The molecule has 0 saturated heterocycles. The molecule has 1 heterocycles. The van der Waals surface area contributed by atoms with Crippen LogP contribution in [0.3, 0.4) is 0 Å². The van der Waals surface area contributed by atoms with Gasteiger partial charge in [-0.25, -0.2) is 0 Å². The lowest BCUT2D eigenvalue weighted by molar-refractivity contribution is 0.574. The fraction of sp³-hybridized carbons (Fsp3) is 0.304. The predicted octanol–water partition coefficient (Wildman–Crippen LogP) is 6.78. The number of fused-ring (bicyclic) bond motifs is 1. The molecular formula is C23H25ClN2. The summed E-state index contributed by atoms with van der Waals surface area (Å²) < 4.78 is 0. The Kier molecular flexibility index (Phi) is 3.92. The lowest BCUT2D eigenvalue weighted by Gasteiger charge is -2.21. The molecule has 0 bridgehead atoms. The van der Waals surface area contributed by atoms with Gasteiger partial charge in [-0.15, -0.1) is 0 Å². The number of anilines is 1. The van der Waals surface area contributed by atoms with Gasteiger partial charge in [0.05, 0.1) is 0 Å². The third-order valence-electron chi connectivity index (χ3n) is 5.45. The molecule has 134 valence electrons. The minimum Gasteiger partial charge on any atom is -0.359 e. The molecule has 4 rings (SSSR count). The van der Waals surface area contributed by atoms with Gasteiger partial charge in [-0.3, -0.25) is 0 Å². The Hall–Kier alpha value is -2.19. The standard InChI is InChI=1S/C23H25ClN2/c1-15(23(11-12-23)17-5-7-18(24)8-6-17)25-19-9-10-20-16(13-19)14-21(26-20)22(2,3)4/h5-10,13-14,25-26H,1,11-12H2,2-4H3. The van der Waals surface area contributed by atoms with E-state index in [1.54, 1.807) is 0 Å². The SMILES string of the molecule is C=C(Nc1ccc2[nH]c(C(C)(C)C)cc2c1)C1(c2ccc(Cl)cc2)CC1. The first kappa shape index (κ1) is 17.2. The van der Waals surface area contributed by atoms with E-state index in [0.29, 0.717) is 0 Å². The van der Waals surface area contributed by atoms with Crippen molar-refractivity contribution in [1.29, 1.82) is 0 Å². The van der Waals surface area contributed by atoms with Gasteiger partial charge < -0.3 is 10.3 Å². The second kappa shape index (κ2) is 5.92. The summed E-state index contributed by atoms with van der Waals surface area (Å²) in [5.41, 5.74) is 6.01. The Balaban J connectivity index is 1.59. The Morgan fingerprint density at radius 1 is 1.08 bits per heavy atom. The van der Waals surface area contributed by atoms with Crippen molar-refractivity contribution in [2.45, 2.75) is 44.4 Å². The molecule has 1 aromatic heterocycles. The quantitative estimate of drug-likeness (QED) is 0.524. The zero-order chi connectivity index (χ0) is 18.5. The van der Waals surface area contributed by atoms with Crippen LogP contribution in [0.2, 0.25) is 5.02 Å². The minimum absolute atomic E-state index is 0.0360. The summed E-state index contributed by atoms with van der Waals surface area (Å²) in [5.74, 6) is 0. The van der Waals surface area contributed by atoms with E-state index in [1.165, 1.54) is 22.2 Å². The molecule has 0 unspecified atom stereocenters. The molecule has 2 aromatic carbocycles. The molecule has 0 amide bonds. The van der Waals surface area contributed by atoms with Crippen molar-refractivity contribution in [2.24, 2.45) is 0 Å². The maximum atomic E-state index is 6.04. The number of hydrogen-bond donors (Lipinski definition) is 2. The predicted molar refractivity (Wildman–Crippen MR) is 112 cm³/mol. The highest BCUT2D eigenvalue weighted by Gasteiger charge is 2.47. The van der Waals surface area contributed by atoms with Crippen LogP contribution in [0.4, 0.5) is 5.69 Å². The van der Waals surface area contributed by atoms with E-state index in [-0.39, 0.29) is 10.8 Å². The van der Waals surface area contributed by atoms with Gasteiger partial charge in [-0.05, 0) is 54.8 Å². The van der Waals surface area contributed by atoms with E-state index in [4.69, 9.17) is 11.6 Å². The third-order valence-corrected chi connectivity index (χ3v) is 5.70. The number of aromatic amines is 1. The molecule has 0 spiro atoms. The van der Waals surface area contributed by atoms with E-state index in [1.807, 2.05) is 12.1 Å². The normalized spacial score (nSPS) is 15.8. The molecule has 1 saturated carbocycles. The lowest BCUT2D eigenvalue weighted by atomic mass is 9.92. The van der Waals surface area contributed by atoms with Gasteiger partial charge in [0.25, 0.3) is 0 Å². The van der Waals surface area contributed by atoms with Crippen molar-refractivity contribution in [2.75, 3.05) is 5.32 Å².